The third-order valence-electron chi connectivity index (χ3n) is 5.42. The van der Waals surface area contributed by atoms with Crippen LogP contribution in [0.2, 0.25) is 0 Å². The van der Waals surface area contributed by atoms with Gasteiger partial charge in [-0.1, -0.05) is 46.5 Å². The monoisotopic (exact) mass is 324 g/mol. The molecule has 0 spiro atoms. The first-order valence-corrected chi connectivity index (χ1v) is 9.58. The van der Waals surface area contributed by atoms with E-state index in [0.29, 0.717) is 5.92 Å². The van der Waals surface area contributed by atoms with E-state index < -0.39 is 5.54 Å². The minimum absolute atomic E-state index is 0.0125. The van der Waals surface area contributed by atoms with Crippen LogP contribution in [0.25, 0.3) is 0 Å². The van der Waals surface area contributed by atoms with E-state index in [0.717, 1.165) is 64.3 Å². The van der Waals surface area contributed by atoms with Crippen molar-refractivity contribution in [2.75, 3.05) is 6.54 Å². The number of hydrogen-bond donors (Lipinski definition) is 2. The molecule has 0 aliphatic carbocycles. The van der Waals surface area contributed by atoms with Crippen molar-refractivity contribution >= 4 is 11.8 Å². The van der Waals surface area contributed by atoms with E-state index >= 15 is 0 Å². The van der Waals surface area contributed by atoms with Gasteiger partial charge in [-0.2, -0.15) is 0 Å². The maximum absolute atomic E-state index is 12.7. The number of hydrogen-bond acceptors (Lipinski definition) is 2. The maximum Gasteiger partial charge on any atom is 0.225 e. The molecule has 134 valence electrons. The van der Waals surface area contributed by atoms with Gasteiger partial charge in [0, 0.05) is 13.5 Å². The van der Waals surface area contributed by atoms with Crippen LogP contribution in [0.15, 0.2) is 0 Å². The van der Waals surface area contributed by atoms with E-state index in [2.05, 4.69) is 31.4 Å². The lowest BCUT2D eigenvalue weighted by Gasteiger charge is -2.46. The topological polar surface area (TPSA) is 58.2 Å². The number of carbonyl (C=O) groups excluding carboxylic acids is 2. The van der Waals surface area contributed by atoms with E-state index in [4.69, 9.17) is 0 Å². The summed E-state index contributed by atoms with van der Waals surface area (Å²) in [6, 6.07) is 0. The molecule has 1 aliphatic heterocycles. The van der Waals surface area contributed by atoms with Crippen LogP contribution in [0.5, 0.6) is 0 Å². The van der Waals surface area contributed by atoms with Crippen LogP contribution < -0.4 is 10.6 Å². The molecule has 3 unspecified atom stereocenters. The Morgan fingerprint density at radius 3 is 2.57 bits per heavy atom. The van der Waals surface area contributed by atoms with Crippen LogP contribution in [0.4, 0.5) is 0 Å². The van der Waals surface area contributed by atoms with E-state index in [1.54, 1.807) is 6.92 Å². The highest BCUT2D eigenvalue weighted by Gasteiger charge is 2.47. The zero-order valence-corrected chi connectivity index (χ0v) is 15.5. The molecule has 23 heavy (non-hydrogen) atoms. The van der Waals surface area contributed by atoms with E-state index in [1.807, 2.05) is 0 Å². The summed E-state index contributed by atoms with van der Waals surface area (Å²) < 4.78 is 0. The molecule has 4 nitrogen and oxygen atoms in total. The van der Waals surface area contributed by atoms with Gasteiger partial charge in [-0.25, -0.2) is 0 Å². The van der Waals surface area contributed by atoms with Crippen LogP contribution in [0.3, 0.4) is 0 Å². The van der Waals surface area contributed by atoms with Gasteiger partial charge in [-0.15, -0.1) is 0 Å². The van der Waals surface area contributed by atoms with Crippen LogP contribution in [-0.2, 0) is 9.59 Å². The molecule has 3 atom stereocenters. The second kappa shape index (κ2) is 9.94. The van der Waals surface area contributed by atoms with E-state index in [-0.39, 0.29) is 17.7 Å². The van der Waals surface area contributed by atoms with Crippen molar-refractivity contribution in [1.29, 1.82) is 0 Å². The zero-order chi connectivity index (χ0) is 17.3. The Morgan fingerprint density at radius 2 is 2.00 bits per heavy atom. The Hall–Kier alpha value is -1.06. The average Bonchev–Trinajstić information content (AvgIpc) is 2.74. The van der Waals surface area contributed by atoms with Crippen molar-refractivity contribution in [3.05, 3.63) is 0 Å². The fourth-order valence-electron chi connectivity index (χ4n) is 4.31. The lowest BCUT2D eigenvalue weighted by molar-refractivity contribution is -0.131. The number of unbranched alkanes of at least 4 members (excludes halogenated alkanes) is 1. The van der Waals surface area contributed by atoms with Gasteiger partial charge in [-0.05, 0) is 38.0 Å². The van der Waals surface area contributed by atoms with Crippen molar-refractivity contribution < 1.29 is 9.59 Å². The van der Waals surface area contributed by atoms with Gasteiger partial charge in [-0.3, -0.25) is 9.59 Å². The second-order valence-corrected chi connectivity index (χ2v) is 7.04. The van der Waals surface area contributed by atoms with Crippen LogP contribution in [0.1, 0.15) is 85.5 Å². The SMILES string of the molecule is CCCCC(CCC)C(CC)(NC(C)=O)C1CCCCNC1=O. The predicted octanol–water partition coefficient (Wildman–Crippen LogP) is 3.79. The highest BCUT2D eigenvalue weighted by molar-refractivity contribution is 5.82. The minimum Gasteiger partial charge on any atom is -0.356 e. The molecule has 4 heteroatoms. The van der Waals surface area contributed by atoms with Gasteiger partial charge >= 0.3 is 0 Å². The molecule has 1 heterocycles. The summed E-state index contributed by atoms with van der Waals surface area (Å²) in [5.41, 5.74) is -0.397. The van der Waals surface area contributed by atoms with Gasteiger partial charge in [0.2, 0.25) is 11.8 Å². The third kappa shape index (κ3) is 5.22. The molecular weight excluding hydrogens is 288 g/mol. The smallest absolute Gasteiger partial charge is 0.225 e. The Balaban J connectivity index is 3.19. The Kier molecular flexibility index (Phi) is 8.64. The number of nitrogens with one attached hydrogen (secondary N) is 2. The molecule has 0 aromatic carbocycles. The van der Waals surface area contributed by atoms with Crippen LogP contribution >= 0.6 is 0 Å². The first kappa shape index (κ1) is 20.0. The van der Waals surface area contributed by atoms with Crippen molar-refractivity contribution in [3.8, 4) is 0 Å². The highest BCUT2D eigenvalue weighted by atomic mass is 16.2. The third-order valence-corrected chi connectivity index (χ3v) is 5.42. The molecule has 2 N–H and O–H groups in total. The second-order valence-electron chi connectivity index (χ2n) is 7.04. The predicted molar refractivity (Wildman–Crippen MR) is 95.1 cm³/mol. The molecule has 0 aromatic rings. The summed E-state index contributed by atoms with van der Waals surface area (Å²) in [7, 11) is 0. The zero-order valence-electron chi connectivity index (χ0n) is 15.5. The van der Waals surface area contributed by atoms with Crippen molar-refractivity contribution in [2.24, 2.45) is 11.8 Å². The summed E-state index contributed by atoms with van der Waals surface area (Å²) in [5, 5.41) is 6.34. The molecule has 0 aromatic heterocycles. The number of rotatable bonds is 9. The fraction of sp³-hybridized carbons (Fsp3) is 0.895. The normalized spacial score (nSPS) is 22.6. The fourth-order valence-corrected chi connectivity index (χ4v) is 4.31. The molecule has 0 radical (unpaired) electrons. The van der Waals surface area contributed by atoms with Crippen LogP contribution in [0, 0.1) is 11.8 Å². The highest BCUT2D eigenvalue weighted by Crippen LogP contribution is 2.39. The lowest BCUT2D eigenvalue weighted by atomic mass is 9.66. The van der Waals surface area contributed by atoms with Gasteiger partial charge in [0.05, 0.1) is 11.5 Å². The van der Waals surface area contributed by atoms with E-state index in [9.17, 15) is 9.59 Å². The lowest BCUT2D eigenvalue weighted by Crippen LogP contribution is -2.61. The van der Waals surface area contributed by atoms with E-state index in [1.165, 1.54) is 0 Å². The van der Waals surface area contributed by atoms with Gasteiger partial charge in [0.25, 0.3) is 0 Å². The maximum atomic E-state index is 12.7. The Bertz CT molecular complexity index is 384. The molecule has 1 fully saturated rings. The first-order valence-electron chi connectivity index (χ1n) is 9.58. The minimum atomic E-state index is -0.397. The average molecular weight is 325 g/mol. The molecule has 1 rings (SSSR count). The van der Waals surface area contributed by atoms with Gasteiger partial charge in [0.15, 0.2) is 0 Å². The van der Waals surface area contributed by atoms with Gasteiger partial charge < -0.3 is 10.6 Å². The summed E-state index contributed by atoms with van der Waals surface area (Å²) in [5.74, 6) is 0.389. The summed E-state index contributed by atoms with van der Waals surface area (Å²) in [6.07, 6.45) is 9.33. The van der Waals surface area contributed by atoms with Crippen molar-refractivity contribution in [1.82, 2.24) is 10.6 Å². The quantitative estimate of drug-likeness (QED) is 0.678. The molecule has 1 saturated heterocycles. The number of amides is 2. The van der Waals surface area contributed by atoms with Crippen molar-refractivity contribution in [2.45, 2.75) is 91.0 Å². The Labute approximate surface area is 142 Å². The van der Waals surface area contributed by atoms with Crippen molar-refractivity contribution in [3.63, 3.8) is 0 Å². The van der Waals surface area contributed by atoms with Gasteiger partial charge in [0.1, 0.15) is 0 Å². The molecular formula is C19H36N2O2. The first-order chi connectivity index (χ1) is 11.0. The number of carbonyl (C=O) groups is 2. The summed E-state index contributed by atoms with van der Waals surface area (Å²) >= 11 is 0. The largest absolute Gasteiger partial charge is 0.356 e. The standard InChI is InChI=1S/C19H36N2O2/c1-5-8-12-16(11-6-2)19(7-3,21-15(4)22)17-13-9-10-14-20-18(17)23/h16-17H,5-14H2,1-4H3,(H,20,23)(H,21,22). The molecule has 0 bridgehead atoms. The Morgan fingerprint density at radius 1 is 1.26 bits per heavy atom. The van der Waals surface area contributed by atoms with Crippen LogP contribution in [-0.4, -0.2) is 23.9 Å². The summed E-state index contributed by atoms with van der Waals surface area (Å²) in [4.78, 5) is 24.7. The molecule has 2 amide bonds. The summed E-state index contributed by atoms with van der Waals surface area (Å²) in [6.45, 7) is 8.88. The molecule has 1 aliphatic rings. The molecule has 0 saturated carbocycles.